The highest BCUT2D eigenvalue weighted by molar-refractivity contribution is 6.33. The quantitative estimate of drug-likeness (QED) is 0.841. The summed E-state index contributed by atoms with van der Waals surface area (Å²) in [6.45, 7) is 0.969. The highest BCUT2D eigenvalue weighted by Gasteiger charge is 2.19. The van der Waals surface area contributed by atoms with Crippen LogP contribution in [0, 0.1) is 0 Å². The van der Waals surface area contributed by atoms with E-state index in [4.69, 9.17) is 16.3 Å². The van der Waals surface area contributed by atoms with Crippen LogP contribution in [0.5, 0.6) is 17.2 Å². The molecule has 0 saturated carbocycles. The number of ether oxygens (including phenoxy) is 1. The van der Waals surface area contributed by atoms with Crippen LogP contribution >= 0.6 is 11.6 Å². The molecule has 1 aliphatic heterocycles. The molecule has 0 fully saturated rings. The van der Waals surface area contributed by atoms with Gasteiger partial charge in [-0.1, -0.05) is 11.6 Å². The van der Waals surface area contributed by atoms with E-state index >= 15 is 0 Å². The van der Waals surface area contributed by atoms with E-state index < -0.39 is 0 Å². The van der Waals surface area contributed by atoms with E-state index in [1.807, 2.05) is 4.90 Å². The maximum atomic E-state index is 9.50. The molecular weight excluding hydrogens is 266 g/mol. The number of nitrogens with zero attached hydrogens (tertiary/aromatic N) is 1. The van der Waals surface area contributed by atoms with Crippen molar-refractivity contribution in [3.05, 3.63) is 47.0 Å². The number of anilines is 1. The minimum Gasteiger partial charge on any atom is -0.508 e. The average Bonchev–Trinajstić information content (AvgIpc) is 2.38. The maximum Gasteiger partial charge on any atom is 0.161 e. The van der Waals surface area contributed by atoms with E-state index in [9.17, 15) is 10.2 Å². The average molecular weight is 278 g/mol. The van der Waals surface area contributed by atoms with Crippen molar-refractivity contribution in [3.63, 3.8) is 0 Å². The Morgan fingerprint density at radius 1 is 1.05 bits per heavy atom. The molecule has 0 unspecified atom stereocenters. The van der Waals surface area contributed by atoms with Crippen LogP contribution in [0.4, 0.5) is 5.69 Å². The minimum absolute atomic E-state index is 0.129. The smallest absolute Gasteiger partial charge is 0.161 e. The normalized spacial score (nSPS) is 13.8. The van der Waals surface area contributed by atoms with Crippen LogP contribution in [0.1, 0.15) is 5.56 Å². The van der Waals surface area contributed by atoms with Crippen molar-refractivity contribution in [1.29, 1.82) is 0 Å². The van der Waals surface area contributed by atoms with Crippen molar-refractivity contribution in [2.75, 3.05) is 11.6 Å². The molecule has 2 aromatic rings. The Balaban J connectivity index is 1.93. The van der Waals surface area contributed by atoms with Gasteiger partial charge in [0.2, 0.25) is 0 Å². The van der Waals surface area contributed by atoms with Gasteiger partial charge in [0.15, 0.2) is 6.73 Å². The van der Waals surface area contributed by atoms with Crippen LogP contribution in [0.2, 0.25) is 5.02 Å². The second-order valence-electron chi connectivity index (χ2n) is 4.40. The third-order valence-electron chi connectivity index (χ3n) is 3.05. The molecule has 19 heavy (non-hydrogen) atoms. The lowest BCUT2D eigenvalue weighted by molar-refractivity contribution is 0.288. The number of benzene rings is 2. The zero-order valence-electron chi connectivity index (χ0n) is 10.0. The Hall–Kier alpha value is -2.07. The summed E-state index contributed by atoms with van der Waals surface area (Å²) < 4.78 is 5.62. The number of hydrogen-bond donors (Lipinski definition) is 2. The first-order valence-electron chi connectivity index (χ1n) is 5.81. The van der Waals surface area contributed by atoms with E-state index in [0.717, 1.165) is 17.0 Å². The summed E-state index contributed by atoms with van der Waals surface area (Å²) in [5, 5.41) is 19.3. The minimum atomic E-state index is 0.129. The first-order chi connectivity index (χ1) is 9.13. The number of rotatable bonds is 1. The Morgan fingerprint density at radius 3 is 2.58 bits per heavy atom. The number of hydrogen-bond acceptors (Lipinski definition) is 4. The lowest BCUT2D eigenvalue weighted by Crippen LogP contribution is -2.31. The molecule has 0 atom stereocenters. The van der Waals surface area contributed by atoms with E-state index in [1.54, 1.807) is 30.3 Å². The van der Waals surface area contributed by atoms with Gasteiger partial charge in [0.1, 0.15) is 17.2 Å². The number of phenols is 2. The molecule has 0 amide bonds. The summed E-state index contributed by atoms with van der Waals surface area (Å²) in [6.07, 6.45) is 0. The molecule has 98 valence electrons. The highest BCUT2D eigenvalue weighted by Crippen LogP contribution is 2.35. The molecule has 1 aliphatic rings. The van der Waals surface area contributed by atoms with Crippen LogP contribution in [0.25, 0.3) is 0 Å². The van der Waals surface area contributed by atoms with E-state index in [-0.39, 0.29) is 11.5 Å². The summed E-state index contributed by atoms with van der Waals surface area (Å²) in [4.78, 5) is 1.93. The lowest BCUT2D eigenvalue weighted by atomic mass is 10.1. The van der Waals surface area contributed by atoms with Crippen molar-refractivity contribution in [1.82, 2.24) is 0 Å². The van der Waals surface area contributed by atoms with Gasteiger partial charge in [0, 0.05) is 11.6 Å². The SMILES string of the molecule is Oc1ccc(N2COc3ccc(O)cc3C2)c(Cl)c1. The van der Waals surface area contributed by atoms with Crippen molar-refractivity contribution in [3.8, 4) is 17.2 Å². The Bertz CT molecular complexity index is 630. The van der Waals surface area contributed by atoms with Gasteiger partial charge < -0.3 is 19.8 Å². The third kappa shape index (κ3) is 2.27. The fourth-order valence-corrected chi connectivity index (χ4v) is 2.43. The zero-order valence-corrected chi connectivity index (χ0v) is 10.8. The van der Waals surface area contributed by atoms with Crippen molar-refractivity contribution >= 4 is 17.3 Å². The molecular formula is C14H12ClNO3. The van der Waals surface area contributed by atoms with Gasteiger partial charge in [-0.25, -0.2) is 0 Å². The van der Waals surface area contributed by atoms with E-state index in [2.05, 4.69) is 0 Å². The Labute approximate surface area is 115 Å². The number of aromatic hydroxyl groups is 2. The lowest BCUT2D eigenvalue weighted by Gasteiger charge is -2.31. The van der Waals surface area contributed by atoms with Crippen LogP contribution in [0.3, 0.4) is 0 Å². The first kappa shape index (κ1) is 12.0. The van der Waals surface area contributed by atoms with Crippen LogP contribution < -0.4 is 9.64 Å². The molecule has 0 radical (unpaired) electrons. The van der Waals surface area contributed by atoms with Gasteiger partial charge in [0.25, 0.3) is 0 Å². The second-order valence-corrected chi connectivity index (χ2v) is 4.81. The van der Waals surface area contributed by atoms with Crippen LogP contribution in [-0.4, -0.2) is 16.9 Å². The molecule has 4 nitrogen and oxygen atoms in total. The summed E-state index contributed by atoms with van der Waals surface area (Å²) >= 11 is 6.11. The van der Waals surface area contributed by atoms with Crippen molar-refractivity contribution in [2.24, 2.45) is 0 Å². The fraction of sp³-hybridized carbons (Fsp3) is 0.143. The molecule has 1 heterocycles. The predicted molar refractivity (Wildman–Crippen MR) is 72.9 cm³/mol. The molecule has 0 aromatic heterocycles. The summed E-state index contributed by atoms with van der Waals surface area (Å²) in [6, 6.07) is 9.85. The fourth-order valence-electron chi connectivity index (χ4n) is 2.14. The number of halogens is 1. The molecule has 3 rings (SSSR count). The van der Waals surface area contributed by atoms with Crippen LogP contribution in [0.15, 0.2) is 36.4 Å². The van der Waals surface area contributed by atoms with Gasteiger partial charge in [-0.05, 0) is 30.3 Å². The van der Waals surface area contributed by atoms with Gasteiger partial charge in [0.05, 0.1) is 17.3 Å². The Kier molecular flexibility index (Phi) is 2.87. The van der Waals surface area contributed by atoms with E-state index in [0.29, 0.717) is 18.3 Å². The highest BCUT2D eigenvalue weighted by atomic mass is 35.5. The number of phenolic OH excluding ortho intramolecular Hbond substituents is 2. The second kappa shape index (κ2) is 4.55. The summed E-state index contributed by atoms with van der Waals surface area (Å²) in [5.74, 6) is 1.11. The van der Waals surface area contributed by atoms with Gasteiger partial charge in [-0.2, -0.15) is 0 Å². The van der Waals surface area contributed by atoms with Gasteiger partial charge in [-0.3, -0.25) is 0 Å². The van der Waals surface area contributed by atoms with Gasteiger partial charge >= 0.3 is 0 Å². The molecule has 2 aromatic carbocycles. The standard InChI is InChI=1S/C14H12ClNO3/c15-12-6-11(18)1-3-13(12)16-7-9-5-10(17)2-4-14(9)19-8-16/h1-6,17-18H,7-8H2. The molecule has 0 aliphatic carbocycles. The van der Waals surface area contributed by atoms with Crippen molar-refractivity contribution in [2.45, 2.75) is 6.54 Å². The third-order valence-corrected chi connectivity index (χ3v) is 3.36. The predicted octanol–water partition coefficient (Wildman–Crippen LogP) is 3.11. The van der Waals surface area contributed by atoms with E-state index in [1.165, 1.54) is 6.07 Å². The molecule has 0 spiro atoms. The molecule has 0 saturated heterocycles. The molecule has 5 heteroatoms. The molecule has 2 N–H and O–H groups in total. The van der Waals surface area contributed by atoms with Crippen LogP contribution in [-0.2, 0) is 6.54 Å². The topological polar surface area (TPSA) is 52.9 Å². The Morgan fingerprint density at radius 2 is 1.79 bits per heavy atom. The summed E-state index contributed by atoms with van der Waals surface area (Å²) in [5.41, 5.74) is 1.68. The van der Waals surface area contributed by atoms with Gasteiger partial charge in [-0.15, -0.1) is 0 Å². The summed E-state index contributed by atoms with van der Waals surface area (Å²) in [7, 11) is 0. The molecule has 0 bridgehead atoms. The van der Waals surface area contributed by atoms with Crippen molar-refractivity contribution < 1.29 is 14.9 Å². The number of fused-ring (bicyclic) bond motifs is 1. The monoisotopic (exact) mass is 277 g/mol. The maximum absolute atomic E-state index is 9.50. The first-order valence-corrected chi connectivity index (χ1v) is 6.19. The zero-order chi connectivity index (χ0) is 13.4. The largest absolute Gasteiger partial charge is 0.508 e.